The Kier molecular flexibility index (Phi) is 20.5. The molecule has 4 heterocycles. The second kappa shape index (κ2) is 28.0. The number of carboxylic acids is 2. The van der Waals surface area contributed by atoms with Gasteiger partial charge in [-0.3, -0.25) is 9.59 Å². The molecule has 0 aromatic heterocycles. The molecule has 0 unspecified atom stereocenters. The number of hydrogen-bond acceptors (Lipinski definition) is 14. The maximum absolute atomic E-state index is 13.4. The fourth-order valence-electron chi connectivity index (χ4n) is 15.5. The zero-order chi connectivity index (χ0) is 65.3. The molecule has 4 aliphatic heterocycles. The summed E-state index contributed by atoms with van der Waals surface area (Å²) in [6.45, 7) is 10.2. The third-order valence-corrected chi connectivity index (χ3v) is 25.2. The summed E-state index contributed by atoms with van der Waals surface area (Å²) in [5.41, 5.74) is 6.28. The van der Waals surface area contributed by atoms with Crippen molar-refractivity contribution in [2.45, 2.75) is 176 Å². The van der Waals surface area contributed by atoms with Gasteiger partial charge in [0.2, 0.25) is 20.0 Å². The third-order valence-electron chi connectivity index (χ3n) is 20.9. The number of aliphatic carboxylic acids is 2. The summed E-state index contributed by atoms with van der Waals surface area (Å²) in [6, 6.07) is 22.5. The normalized spacial score (nSPS) is 30.4. The first-order valence-corrected chi connectivity index (χ1v) is 36.7. The van der Waals surface area contributed by atoms with Crippen LogP contribution in [0.2, 0.25) is 10.0 Å². The molecule has 2 saturated carbocycles. The van der Waals surface area contributed by atoms with Crippen LogP contribution in [-0.4, -0.2) is 125 Å². The highest BCUT2D eigenvalue weighted by molar-refractivity contribution is 7.91. The molecule has 12 atom stereocenters. The van der Waals surface area contributed by atoms with Gasteiger partial charge in [0.1, 0.15) is 11.5 Å². The number of rotatable bonds is 8. The quantitative estimate of drug-likeness (QED) is 0.120. The average Bonchev–Trinajstić information content (AvgIpc) is 1.48. The number of ether oxygens (including phenoxy) is 4. The van der Waals surface area contributed by atoms with Crippen molar-refractivity contribution in [1.82, 2.24) is 9.44 Å². The molecule has 2 amide bonds. The fourth-order valence-corrected chi connectivity index (χ4v) is 18.7. The SMILES string of the molecule is CC[C@@H]1CC/C=C/[C@H](O[C@@H](C)C(=O)O)[C@@H]2CC[C@H]2CN2C[C@@]3(CCCc4cc(Cl)ccc43)COc3ccc(cc32)C(=O)NS1(=O)=O.CC[C@@H]1CC/C=C/[C@H](O[C@H](C)C(=O)O)[C@@H]2CC[C@H]2CN2C[C@@]3(CCCc4cc(Cl)ccc43)COc3ccc(cc32)C(=O)NS1(=O)=O. The van der Waals surface area contributed by atoms with E-state index < -0.39 is 78.7 Å². The minimum Gasteiger partial charge on any atom is -0.490 e. The van der Waals surface area contributed by atoms with E-state index in [1.54, 1.807) is 64.1 Å². The van der Waals surface area contributed by atoms with Crippen molar-refractivity contribution in [1.29, 1.82) is 0 Å². The highest BCUT2D eigenvalue weighted by Crippen LogP contribution is 2.50. The smallest absolute Gasteiger partial charge is 0.332 e. The molecule has 8 aliphatic rings. The number of allylic oxidation sites excluding steroid dienone is 2. The van der Waals surface area contributed by atoms with Crippen LogP contribution in [0, 0.1) is 23.7 Å². The predicted octanol–water partition coefficient (Wildman–Crippen LogP) is 11.8. The lowest BCUT2D eigenvalue weighted by Crippen LogP contribution is -2.50. The first-order chi connectivity index (χ1) is 44.0. The summed E-state index contributed by atoms with van der Waals surface area (Å²) in [7, 11) is -7.90. The number of nitrogens with zero attached hydrogens (tertiary/aromatic N) is 2. The Morgan fingerprint density at radius 2 is 1.02 bits per heavy atom. The molecule has 496 valence electrons. The first-order valence-electron chi connectivity index (χ1n) is 32.8. The largest absolute Gasteiger partial charge is 0.490 e. The molecular weight excluding hydrogens is 1260 g/mol. The summed E-state index contributed by atoms with van der Waals surface area (Å²) in [4.78, 5) is 55.0. The molecule has 2 spiro atoms. The van der Waals surface area contributed by atoms with Crippen molar-refractivity contribution in [3.63, 3.8) is 0 Å². The highest BCUT2D eigenvalue weighted by Gasteiger charge is 2.48. The molecule has 0 radical (unpaired) electrons. The zero-order valence-corrected chi connectivity index (χ0v) is 56.0. The first kappa shape index (κ1) is 67.3. The van der Waals surface area contributed by atoms with E-state index in [1.807, 2.05) is 36.4 Å². The number of carboxylic acid groups (broad SMARTS) is 2. The van der Waals surface area contributed by atoms with E-state index in [2.05, 4.69) is 43.5 Å². The van der Waals surface area contributed by atoms with Gasteiger partial charge in [-0.1, -0.05) is 73.5 Å². The number of halogens is 2. The maximum Gasteiger partial charge on any atom is 0.332 e. The minimum absolute atomic E-state index is 0.0872. The van der Waals surface area contributed by atoms with Crippen molar-refractivity contribution < 1.29 is 65.2 Å². The van der Waals surface area contributed by atoms with E-state index in [1.165, 1.54) is 22.3 Å². The molecule has 4 bridgehead atoms. The number of sulfonamides is 2. The second-order valence-electron chi connectivity index (χ2n) is 26.8. The lowest BCUT2D eigenvalue weighted by molar-refractivity contribution is -0.155. The van der Waals surface area contributed by atoms with Crippen LogP contribution in [0.5, 0.6) is 11.5 Å². The zero-order valence-electron chi connectivity index (χ0n) is 52.8. The van der Waals surface area contributed by atoms with Crippen LogP contribution < -0.4 is 28.7 Å². The highest BCUT2D eigenvalue weighted by atomic mass is 35.5. The average molecular weight is 1340 g/mol. The van der Waals surface area contributed by atoms with Gasteiger partial charge in [0.25, 0.3) is 11.8 Å². The second-order valence-corrected chi connectivity index (χ2v) is 31.6. The van der Waals surface area contributed by atoms with Gasteiger partial charge in [-0.05, 0) is 223 Å². The molecule has 4 N–H and O–H groups in total. The van der Waals surface area contributed by atoms with Crippen molar-refractivity contribution in [3.05, 3.63) is 141 Å². The number of carbonyl (C=O) groups excluding carboxylic acids is 2. The Bertz CT molecular complexity index is 3500. The standard InChI is InChI=1S/2C35H43ClN2O7S/c2*1-3-27-8-4-5-9-31(45-22(2)34(40)41)28-13-10-25(28)19-38-20-35(16-6-7-23-17-26(36)12-14-29(23)35)21-44-32-15-11-24(18-30(32)38)33(39)37-46(27,42)43/h2*5,9,11-12,14-15,17-18,22,25,27-28,31H,3-4,6-8,10,13,16,19-21H2,1-2H3,(H,37,39)(H,40,41)/b2*9-5+/t22-,25+,27-,28-,31+,35+;22-,25-,27+,28+,31-,35-/m10/s1. The van der Waals surface area contributed by atoms with Gasteiger partial charge in [0.15, 0.2) is 12.2 Å². The maximum atomic E-state index is 13.4. The van der Waals surface area contributed by atoms with E-state index in [0.717, 1.165) is 75.6 Å². The lowest BCUT2D eigenvalue weighted by atomic mass is 9.68. The van der Waals surface area contributed by atoms with Crippen molar-refractivity contribution in [2.75, 3.05) is 49.2 Å². The van der Waals surface area contributed by atoms with E-state index in [4.69, 9.17) is 42.1 Å². The summed E-state index contributed by atoms with van der Waals surface area (Å²) in [6.07, 6.45) is 16.5. The number of amides is 2. The number of hydrogen-bond donors (Lipinski definition) is 4. The summed E-state index contributed by atoms with van der Waals surface area (Å²) in [5, 5.41) is 19.2. The molecule has 12 rings (SSSR count). The fraction of sp³-hybridized carbons (Fsp3) is 0.543. The minimum atomic E-state index is -3.95. The Hall–Kier alpha value is -6.16. The van der Waals surface area contributed by atoms with Crippen LogP contribution in [0.1, 0.15) is 161 Å². The Morgan fingerprint density at radius 3 is 1.39 bits per heavy atom. The summed E-state index contributed by atoms with van der Waals surface area (Å²) < 4.78 is 83.3. The van der Waals surface area contributed by atoms with Gasteiger partial charge in [0, 0.05) is 58.2 Å². The van der Waals surface area contributed by atoms with Crippen LogP contribution in [0.4, 0.5) is 11.4 Å². The van der Waals surface area contributed by atoms with Gasteiger partial charge in [-0.2, -0.15) is 0 Å². The monoisotopic (exact) mass is 1340 g/mol. The van der Waals surface area contributed by atoms with Crippen molar-refractivity contribution >= 4 is 78.4 Å². The summed E-state index contributed by atoms with van der Waals surface area (Å²) in [5.74, 6) is -1.46. The molecule has 4 aromatic carbocycles. The molecular formula is C70H86Cl2N4O14S2. The van der Waals surface area contributed by atoms with Gasteiger partial charge in [-0.25, -0.2) is 35.9 Å². The predicted molar refractivity (Wildman–Crippen MR) is 354 cm³/mol. The third kappa shape index (κ3) is 14.4. The number of benzene rings is 4. The van der Waals surface area contributed by atoms with Gasteiger partial charge in [0.05, 0.1) is 47.3 Å². The lowest BCUT2D eigenvalue weighted by Gasteiger charge is -2.46. The van der Waals surface area contributed by atoms with Crippen molar-refractivity contribution in [3.8, 4) is 11.5 Å². The van der Waals surface area contributed by atoms with Crippen LogP contribution in [0.3, 0.4) is 0 Å². The van der Waals surface area contributed by atoms with Crippen LogP contribution >= 0.6 is 23.2 Å². The van der Waals surface area contributed by atoms with Crippen molar-refractivity contribution in [2.24, 2.45) is 23.7 Å². The number of nitrogens with one attached hydrogen (secondary N) is 2. The van der Waals surface area contributed by atoms with Gasteiger partial charge < -0.3 is 39.0 Å². The Morgan fingerprint density at radius 1 is 0.609 bits per heavy atom. The van der Waals surface area contributed by atoms with E-state index in [-0.39, 0.29) is 45.6 Å². The van der Waals surface area contributed by atoms with Crippen LogP contribution in [-0.2, 0) is 62.8 Å². The molecule has 0 saturated heterocycles. The number of anilines is 2. The Balaban J connectivity index is 0.000000188. The molecule has 4 aliphatic carbocycles. The molecule has 18 nitrogen and oxygen atoms in total. The molecule has 22 heteroatoms. The number of fused-ring (bicyclic) bond motifs is 8. The topological polar surface area (TPSA) is 244 Å². The Labute approximate surface area is 550 Å². The van der Waals surface area contributed by atoms with Crippen LogP contribution in [0.25, 0.3) is 0 Å². The number of carbonyl (C=O) groups is 4. The van der Waals surface area contributed by atoms with E-state index in [9.17, 15) is 46.2 Å². The van der Waals surface area contributed by atoms with E-state index >= 15 is 0 Å². The number of aryl methyl sites for hydroxylation is 2. The molecule has 4 aromatic rings. The van der Waals surface area contributed by atoms with E-state index in [0.29, 0.717) is 99.5 Å². The summed E-state index contributed by atoms with van der Waals surface area (Å²) >= 11 is 12.8. The van der Waals surface area contributed by atoms with Gasteiger partial charge in [-0.15, -0.1) is 0 Å². The van der Waals surface area contributed by atoms with Crippen LogP contribution in [0.15, 0.2) is 97.1 Å². The van der Waals surface area contributed by atoms with Gasteiger partial charge >= 0.3 is 11.9 Å². The molecule has 2 fully saturated rings. The molecule has 92 heavy (non-hydrogen) atoms.